The summed E-state index contributed by atoms with van der Waals surface area (Å²) in [4.78, 5) is 79.9. The number of hydrogen-bond donors (Lipinski definition) is 6. The number of nitrogens with one attached hydrogen (secondary N) is 4. The zero-order chi connectivity index (χ0) is 37.3. The van der Waals surface area contributed by atoms with Gasteiger partial charge in [-0.1, -0.05) is 6.92 Å². The Morgan fingerprint density at radius 2 is 1.69 bits per heavy atom. The van der Waals surface area contributed by atoms with Crippen molar-refractivity contribution in [2.75, 3.05) is 39.8 Å². The number of aromatic nitrogens is 2. The highest BCUT2D eigenvalue weighted by molar-refractivity contribution is 5.91. The Bertz CT molecular complexity index is 2050. The molecule has 18 heteroatoms. The number of halogens is 1. The molecule has 0 radical (unpaired) electrons. The molecule has 1 fully saturated rings. The van der Waals surface area contributed by atoms with Gasteiger partial charge in [-0.3, -0.25) is 24.1 Å². The summed E-state index contributed by atoms with van der Waals surface area (Å²) in [6.07, 6.45) is -0.202. The van der Waals surface area contributed by atoms with E-state index in [9.17, 15) is 38.3 Å². The number of ether oxygens (including phenoxy) is 2. The molecule has 2 aromatic heterocycles. The molecule has 3 aliphatic rings. The first-order chi connectivity index (χ1) is 24.8. The van der Waals surface area contributed by atoms with E-state index < -0.39 is 59.9 Å². The number of aliphatic hydroxyl groups is 1. The quantitative estimate of drug-likeness (QED) is 0.111. The minimum Gasteiger partial charge on any atom is -0.494 e. The van der Waals surface area contributed by atoms with E-state index in [1.54, 1.807) is 19.1 Å². The number of nitrogens with zero attached hydrogens (tertiary/aromatic N) is 3. The third kappa shape index (κ3) is 6.98. The number of piperidine rings is 1. The number of likely N-dealkylation sites (tertiary alicyclic amines) is 1. The van der Waals surface area contributed by atoms with Crippen molar-refractivity contribution in [3.8, 4) is 17.1 Å². The van der Waals surface area contributed by atoms with Gasteiger partial charge in [0.05, 0.1) is 55.8 Å². The first kappa shape index (κ1) is 36.2. The summed E-state index contributed by atoms with van der Waals surface area (Å²) < 4.78 is 27.0. The average Bonchev–Trinajstić information content (AvgIpc) is 3.49. The number of cyclic esters (lactones) is 1. The zero-order valence-corrected chi connectivity index (χ0v) is 28.5. The number of amides is 4. The summed E-state index contributed by atoms with van der Waals surface area (Å²) in [5.41, 5.74) is 0.736. The van der Waals surface area contributed by atoms with Gasteiger partial charge in [-0.05, 0) is 37.0 Å². The molecular formula is C34H38FN7O10. The molecule has 4 amide bonds. The highest BCUT2D eigenvalue weighted by atomic mass is 19.1. The molecular weight excluding hydrogens is 685 g/mol. The summed E-state index contributed by atoms with van der Waals surface area (Å²) in [6, 6.07) is 4.31. The maximum absolute atomic E-state index is 15.0. The molecule has 0 spiro atoms. The number of pyridine rings is 2. The lowest BCUT2D eigenvalue weighted by molar-refractivity contribution is -0.172. The zero-order valence-electron chi connectivity index (χ0n) is 28.5. The summed E-state index contributed by atoms with van der Waals surface area (Å²) in [5.74, 6) is -3.12. The molecule has 1 atom stereocenters. The summed E-state index contributed by atoms with van der Waals surface area (Å²) in [5, 5.41) is 29.9. The van der Waals surface area contributed by atoms with Gasteiger partial charge >= 0.3 is 12.1 Å². The number of fused-ring (bicyclic) bond motifs is 5. The Kier molecular flexibility index (Phi) is 10.1. The Morgan fingerprint density at radius 1 is 1.02 bits per heavy atom. The van der Waals surface area contributed by atoms with E-state index in [1.165, 1.54) is 17.7 Å². The molecule has 276 valence electrons. The second-order valence-electron chi connectivity index (χ2n) is 12.9. The number of methoxy groups -OCH3 is 1. The van der Waals surface area contributed by atoms with Crippen LogP contribution in [0.5, 0.6) is 5.75 Å². The van der Waals surface area contributed by atoms with Crippen LogP contribution in [0.25, 0.3) is 22.3 Å². The van der Waals surface area contributed by atoms with E-state index in [2.05, 4.69) is 20.9 Å². The summed E-state index contributed by atoms with van der Waals surface area (Å²) >= 11 is 0. The topological polar surface area (TPSA) is 231 Å². The second-order valence-corrected chi connectivity index (χ2v) is 12.9. The van der Waals surface area contributed by atoms with Crippen LogP contribution < -0.4 is 31.6 Å². The van der Waals surface area contributed by atoms with Crippen molar-refractivity contribution in [1.29, 1.82) is 0 Å². The largest absolute Gasteiger partial charge is 0.494 e. The van der Waals surface area contributed by atoms with E-state index in [-0.39, 0.29) is 49.0 Å². The minimum absolute atomic E-state index is 0.00362. The number of carbonyl (C=O) groups is 5. The lowest BCUT2D eigenvalue weighted by Gasteiger charge is -2.33. The number of esters is 1. The molecule has 1 unspecified atom stereocenters. The maximum Gasteiger partial charge on any atom is 0.405 e. The van der Waals surface area contributed by atoms with Crippen LogP contribution >= 0.6 is 0 Å². The van der Waals surface area contributed by atoms with Gasteiger partial charge in [-0.2, -0.15) is 0 Å². The third-order valence-electron chi connectivity index (χ3n) is 9.71. The first-order valence-electron chi connectivity index (χ1n) is 16.7. The van der Waals surface area contributed by atoms with Crippen LogP contribution in [-0.2, 0) is 49.2 Å². The van der Waals surface area contributed by atoms with Crippen LogP contribution in [-0.4, -0.2) is 100 Å². The van der Waals surface area contributed by atoms with Crippen molar-refractivity contribution in [1.82, 2.24) is 35.7 Å². The normalized spacial score (nSPS) is 18.1. The maximum atomic E-state index is 15.0. The van der Waals surface area contributed by atoms with Crippen LogP contribution in [0.2, 0.25) is 0 Å². The molecule has 6 N–H and O–H groups in total. The standard InChI is InChI=1S/C34H38FN7O10/c1-3-34(50)22-9-25-30-20(15-42(25)31(46)21(22)16-52-32(34)47)19(18-8-26(51-2)23(35)10-24(18)40-30)14-41-6-4-17(5-7-41)39-29(45)13-37-27(43)11-36-28(44)12-38-33(48)49/h8-10,17,38,50H,3-7,11-16H2,1-2H3,(H,36,44)(H,37,43)(H,39,45)(H,48,49). The van der Waals surface area contributed by atoms with E-state index in [1.807, 2.05) is 5.32 Å². The molecule has 1 saturated heterocycles. The molecule has 0 saturated carbocycles. The highest BCUT2D eigenvalue weighted by Gasteiger charge is 2.45. The fourth-order valence-corrected chi connectivity index (χ4v) is 6.88. The van der Waals surface area contributed by atoms with Crippen LogP contribution in [0.1, 0.15) is 48.4 Å². The van der Waals surface area contributed by atoms with Crippen molar-refractivity contribution in [3.63, 3.8) is 0 Å². The predicted molar refractivity (Wildman–Crippen MR) is 180 cm³/mol. The average molecular weight is 724 g/mol. The Morgan fingerprint density at radius 3 is 2.35 bits per heavy atom. The number of benzene rings is 1. The Balaban J connectivity index is 1.16. The van der Waals surface area contributed by atoms with Gasteiger partial charge < -0.3 is 45.5 Å². The van der Waals surface area contributed by atoms with Crippen molar-refractivity contribution >= 4 is 40.7 Å². The van der Waals surface area contributed by atoms with Gasteiger partial charge in [0.2, 0.25) is 17.7 Å². The molecule has 17 nitrogen and oxygen atoms in total. The van der Waals surface area contributed by atoms with Gasteiger partial charge in [0.25, 0.3) is 5.56 Å². The van der Waals surface area contributed by atoms with Crippen molar-refractivity contribution < 1.29 is 48.0 Å². The van der Waals surface area contributed by atoms with Gasteiger partial charge in [0, 0.05) is 48.3 Å². The fourth-order valence-electron chi connectivity index (χ4n) is 6.88. The first-order valence-corrected chi connectivity index (χ1v) is 16.7. The van der Waals surface area contributed by atoms with Crippen molar-refractivity contribution in [2.45, 2.75) is 57.5 Å². The number of rotatable bonds is 11. The lowest BCUT2D eigenvalue weighted by Crippen LogP contribution is -2.48. The second kappa shape index (κ2) is 14.5. The van der Waals surface area contributed by atoms with Gasteiger partial charge in [-0.15, -0.1) is 0 Å². The third-order valence-corrected chi connectivity index (χ3v) is 9.71. The van der Waals surface area contributed by atoms with E-state index in [0.29, 0.717) is 54.8 Å². The van der Waals surface area contributed by atoms with E-state index in [0.717, 1.165) is 11.1 Å². The van der Waals surface area contributed by atoms with Gasteiger partial charge in [0.1, 0.15) is 6.61 Å². The van der Waals surface area contributed by atoms with Crippen molar-refractivity contribution in [3.05, 3.63) is 56.6 Å². The number of hydrogen-bond acceptors (Lipinski definition) is 11. The monoisotopic (exact) mass is 723 g/mol. The lowest BCUT2D eigenvalue weighted by atomic mass is 9.86. The summed E-state index contributed by atoms with van der Waals surface area (Å²) in [7, 11) is 1.37. The smallest absolute Gasteiger partial charge is 0.405 e. The molecule has 6 rings (SSSR count). The molecule has 52 heavy (non-hydrogen) atoms. The van der Waals surface area contributed by atoms with Crippen LogP contribution in [0.15, 0.2) is 23.0 Å². The number of carbonyl (C=O) groups excluding carboxylic acids is 4. The Labute approximate surface area is 295 Å². The van der Waals surface area contributed by atoms with E-state index in [4.69, 9.17) is 19.6 Å². The molecule has 0 aliphatic carbocycles. The molecule has 1 aromatic carbocycles. The molecule has 3 aliphatic heterocycles. The van der Waals surface area contributed by atoms with E-state index >= 15 is 0 Å². The van der Waals surface area contributed by atoms with Crippen molar-refractivity contribution in [2.24, 2.45) is 0 Å². The highest BCUT2D eigenvalue weighted by Crippen LogP contribution is 2.41. The molecule has 0 bridgehead atoms. The van der Waals surface area contributed by atoms with Crippen LogP contribution in [0, 0.1) is 5.82 Å². The van der Waals surface area contributed by atoms with Gasteiger partial charge in [-0.25, -0.2) is 19.0 Å². The molecule has 3 aromatic rings. The SMILES string of the molecule is CCC1(O)C(=O)OCc2c1cc1n(c2=O)Cc2c-1nc1cc(F)c(OC)cc1c2CN1CCC(NC(=O)CNC(=O)CNC(=O)CNC(=O)O)CC1. The predicted octanol–water partition coefficient (Wildman–Crippen LogP) is -0.192. The van der Waals surface area contributed by atoms with Gasteiger partial charge in [0.15, 0.2) is 17.2 Å². The van der Waals surface area contributed by atoms with Crippen LogP contribution in [0.3, 0.4) is 0 Å². The summed E-state index contributed by atoms with van der Waals surface area (Å²) in [6.45, 7) is 1.85. The van der Waals surface area contributed by atoms with Crippen LogP contribution in [0.4, 0.5) is 9.18 Å². The molecule has 5 heterocycles. The Hall–Kier alpha value is -5.62. The fraction of sp³-hybridized carbons (Fsp3) is 0.441. The number of carboxylic acid groups (broad SMARTS) is 1. The minimum atomic E-state index is -1.99.